The van der Waals surface area contributed by atoms with E-state index >= 15 is 0 Å². The molecule has 24 heavy (non-hydrogen) atoms. The summed E-state index contributed by atoms with van der Waals surface area (Å²) < 4.78 is 1.64. The zero-order valence-corrected chi connectivity index (χ0v) is 13.8. The molecule has 0 atom stereocenters. The van der Waals surface area contributed by atoms with E-state index in [1.54, 1.807) is 28.8 Å². The SMILES string of the molecule is Cc1cc(C)n2ncc(/C(N)=N\OC(=O)c3ccccc3Cl)c2n1. The number of aryl methyl sites for hydroxylation is 2. The van der Waals surface area contributed by atoms with Gasteiger partial charge in [-0.25, -0.2) is 14.3 Å². The molecule has 0 radical (unpaired) electrons. The second-order valence-corrected chi connectivity index (χ2v) is 5.57. The number of halogens is 1. The van der Waals surface area contributed by atoms with Crippen molar-refractivity contribution in [1.82, 2.24) is 14.6 Å². The van der Waals surface area contributed by atoms with E-state index in [4.69, 9.17) is 22.2 Å². The largest absolute Gasteiger partial charge is 0.380 e. The van der Waals surface area contributed by atoms with Crippen molar-refractivity contribution in [3.8, 4) is 0 Å². The molecule has 2 N–H and O–H groups in total. The van der Waals surface area contributed by atoms with E-state index in [1.165, 1.54) is 6.20 Å². The molecule has 3 rings (SSSR count). The van der Waals surface area contributed by atoms with E-state index in [-0.39, 0.29) is 16.4 Å². The summed E-state index contributed by atoms with van der Waals surface area (Å²) in [4.78, 5) is 21.3. The smallest absolute Gasteiger partial charge is 0.367 e. The molecule has 0 fully saturated rings. The van der Waals surface area contributed by atoms with Crippen LogP contribution in [0.1, 0.15) is 27.3 Å². The summed E-state index contributed by atoms with van der Waals surface area (Å²) in [6, 6.07) is 8.42. The number of aromatic nitrogens is 3. The molecule has 2 heterocycles. The summed E-state index contributed by atoms with van der Waals surface area (Å²) in [5.74, 6) is -0.691. The van der Waals surface area contributed by atoms with Crippen LogP contribution in [-0.4, -0.2) is 26.4 Å². The molecule has 0 bridgehead atoms. The van der Waals surface area contributed by atoms with Gasteiger partial charge in [-0.15, -0.1) is 0 Å². The number of nitrogens with two attached hydrogens (primary N) is 1. The number of carbonyl (C=O) groups excluding carboxylic acids is 1. The number of fused-ring (bicyclic) bond motifs is 1. The Bertz CT molecular complexity index is 964. The molecule has 122 valence electrons. The van der Waals surface area contributed by atoms with Gasteiger partial charge in [0.1, 0.15) is 0 Å². The summed E-state index contributed by atoms with van der Waals surface area (Å²) in [5, 5.41) is 8.18. The van der Waals surface area contributed by atoms with Gasteiger partial charge in [-0.3, -0.25) is 0 Å². The van der Waals surface area contributed by atoms with Gasteiger partial charge < -0.3 is 10.6 Å². The summed E-state index contributed by atoms with van der Waals surface area (Å²) in [5.41, 5.74) is 8.88. The number of amidine groups is 1. The maximum absolute atomic E-state index is 12.0. The Balaban J connectivity index is 1.89. The van der Waals surface area contributed by atoms with Gasteiger partial charge in [0.05, 0.1) is 22.3 Å². The van der Waals surface area contributed by atoms with Crippen LogP contribution in [0.25, 0.3) is 5.65 Å². The van der Waals surface area contributed by atoms with E-state index in [0.717, 1.165) is 11.4 Å². The third kappa shape index (κ3) is 2.93. The van der Waals surface area contributed by atoms with Gasteiger partial charge >= 0.3 is 5.97 Å². The molecule has 0 saturated carbocycles. The fourth-order valence-electron chi connectivity index (χ4n) is 2.27. The summed E-state index contributed by atoms with van der Waals surface area (Å²) >= 11 is 5.94. The number of benzene rings is 1. The fraction of sp³-hybridized carbons (Fsp3) is 0.125. The zero-order valence-electron chi connectivity index (χ0n) is 13.0. The number of oxime groups is 1. The molecule has 0 unspecified atom stereocenters. The molecule has 7 nitrogen and oxygen atoms in total. The molecule has 0 amide bonds. The number of hydrogen-bond acceptors (Lipinski definition) is 5. The minimum atomic E-state index is -0.694. The van der Waals surface area contributed by atoms with Crippen molar-refractivity contribution in [2.45, 2.75) is 13.8 Å². The van der Waals surface area contributed by atoms with Gasteiger partial charge in [0.25, 0.3) is 0 Å². The van der Waals surface area contributed by atoms with Crippen LogP contribution in [0.5, 0.6) is 0 Å². The Morgan fingerprint density at radius 1 is 1.29 bits per heavy atom. The quantitative estimate of drug-likeness (QED) is 0.341. The van der Waals surface area contributed by atoms with Crippen LogP contribution >= 0.6 is 11.6 Å². The first-order valence-corrected chi connectivity index (χ1v) is 7.47. The van der Waals surface area contributed by atoms with Gasteiger partial charge in [-0.05, 0) is 32.0 Å². The minimum absolute atomic E-state index is 0.00269. The second kappa shape index (κ2) is 6.29. The lowest BCUT2D eigenvalue weighted by atomic mass is 10.2. The van der Waals surface area contributed by atoms with E-state index < -0.39 is 5.97 Å². The Kier molecular flexibility index (Phi) is 4.18. The van der Waals surface area contributed by atoms with Crippen LogP contribution in [0.4, 0.5) is 0 Å². The Labute approximate surface area is 142 Å². The first-order chi connectivity index (χ1) is 11.5. The maximum Gasteiger partial charge on any atom is 0.367 e. The van der Waals surface area contributed by atoms with Crippen LogP contribution in [0.2, 0.25) is 5.02 Å². The molecule has 8 heteroatoms. The first-order valence-electron chi connectivity index (χ1n) is 7.09. The molecule has 2 aromatic heterocycles. The third-order valence-corrected chi connectivity index (χ3v) is 3.70. The third-order valence-electron chi connectivity index (χ3n) is 3.37. The fourth-order valence-corrected chi connectivity index (χ4v) is 2.48. The minimum Gasteiger partial charge on any atom is -0.380 e. The maximum atomic E-state index is 12.0. The van der Waals surface area contributed by atoms with E-state index in [1.807, 2.05) is 19.9 Å². The molecule has 0 aliphatic heterocycles. The normalized spacial score (nSPS) is 11.7. The molecule has 1 aromatic carbocycles. The Hall–Kier alpha value is -2.93. The van der Waals surface area contributed by atoms with E-state index in [9.17, 15) is 4.79 Å². The summed E-state index contributed by atoms with van der Waals surface area (Å²) in [6.45, 7) is 3.78. The molecule has 0 spiro atoms. The molecule has 3 aromatic rings. The predicted octanol–water partition coefficient (Wildman–Crippen LogP) is 2.48. The highest BCUT2D eigenvalue weighted by molar-refractivity contribution is 6.33. The highest BCUT2D eigenvalue weighted by Gasteiger charge is 2.15. The number of nitrogens with zero attached hydrogens (tertiary/aromatic N) is 4. The lowest BCUT2D eigenvalue weighted by Crippen LogP contribution is -2.16. The van der Waals surface area contributed by atoms with Crippen molar-refractivity contribution in [3.05, 3.63) is 64.1 Å². The predicted molar refractivity (Wildman–Crippen MR) is 90.1 cm³/mol. The number of hydrogen-bond donors (Lipinski definition) is 1. The van der Waals surface area contributed by atoms with Crippen molar-refractivity contribution >= 4 is 29.1 Å². The average Bonchev–Trinajstić information content (AvgIpc) is 2.97. The van der Waals surface area contributed by atoms with Gasteiger partial charge in [0.15, 0.2) is 11.5 Å². The van der Waals surface area contributed by atoms with Crippen molar-refractivity contribution in [2.75, 3.05) is 0 Å². The number of rotatable bonds is 3. The van der Waals surface area contributed by atoms with E-state index in [0.29, 0.717) is 11.2 Å². The van der Waals surface area contributed by atoms with E-state index in [2.05, 4.69) is 15.2 Å². The van der Waals surface area contributed by atoms with Crippen LogP contribution < -0.4 is 5.73 Å². The topological polar surface area (TPSA) is 94.9 Å². The standard InChI is InChI=1S/C16H14ClN5O2/c1-9-7-10(2)22-15(20-9)12(8-19-22)14(18)21-24-16(23)11-5-3-4-6-13(11)17/h3-8H,1-2H3,(H2,18,21). The van der Waals surface area contributed by atoms with Crippen molar-refractivity contribution < 1.29 is 9.63 Å². The molecular weight excluding hydrogens is 330 g/mol. The lowest BCUT2D eigenvalue weighted by molar-refractivity contribution is 0.0516. The van der Waals surface area contributed by atoms with Gasteiger partial charge in [-0.1, -0.05) is 28.9 Å². The second-order valence-electron chi connectivity index (χ2n) is 5.17. The highest BCUT2D eigenvalue weighted by atomic mass is 35.5. The number of carbonyl (C=O) groups is 1. The van der Waals surface area contributed by atoms with Crippen LogP contribution in [0.3, 0.4) is 0 Å². The lowest BCUT2D eigenvalue weighted by Gasteiger charge is -2.03. The van der Waals surface area contributed by atoms with Crippen molar-refractivity contribution in [1.29, 1.82) is 0 Å². The van der Waals surface area contributed by atoms with Crippen LogP contribution in [0, 0.1) is 13.8 Å². The monoisotopic (exact) mass is 343 g/mol. The van der Waals surface area contributed by atoms with Crippen molar-refractivity contribution in [3.63, 3.8) is 0 Å². The molecule has 0 aliphatic carbocycles. The highest BCUT2D eigenvalue weighted by Crippen LogP contribution is 2.16. The molecule has 0 saturated heterocycles. The van der Waals surface area contributed by atoms with Gasteiger partial charge in [0, 0.05) is 11.4 Å². The Morgan fingerprint density at radius 2 is 2.04 bits per heavy atom. The van der Waals surface area contributed by atoms with Gasteiger partial charge in [-0.2, -0.15) is 5.10 Å². The first kappa shape index (κ1) is 15.9. The van der Waals surface area contributed by atoms with Crippen molar-refractivity contribution in [2.24, 2.45) is 10.9 Å². The zero-order chi connectivity index (χ0) is 17.3. The molecular formula is C16H14ClN5O2. The summed E-state index contributed by atoms with van der Waals surface area (Å²) in [6.07, 6.45) is 1.52. The Morgan fingerprint density at radius 3 is 2.79 bits per heavy atom. The average molecular weight is 344 g/mol. The van der Waals surface area contributed by atoms with Crippen LogP contribution in [-0.2, 0) is 4.84 Å². The molecule has 0 aliphatic rings. The van der Waals surface area contributed by atoms with Crippen LogP contribution in [0.15, 0.2) is 41.7 Å². The summed E-state index contributed by atoms with van der Waals surface area (Å²) in [7, 11) is 0. The van der Waals surface area contributed by atoms with Gasteiger partial charge in [0.2, 0.25) is 0 Å².